The van der Waals surface area contributed by atoms with Crippen molar-refractivity contribution >= 4 is 5.78 Å². The minimum Gasteiger partial charge on any atom is -0.300 e. The van der Waals surface area contributed by atoms with Gasteiger partial charge in [-0.2, -0.15) is 0 Å². The lowest BCUT2D eigenvalue weighted by atomic mass is 9.85. The molecule has 0 aromatic heterocycles. The summed E-state index contributed by atoms with van der Waals surface area (Å²) >= 11 is 0. The van der Waals surface area contributed by atoms with Gasteiger partial charge < -0.3 is 0 Å². The first-order chi connectivity index (χ1) is 8.34. The number of benzene rings is 1. The van der Waals surface area contributed by atoms with E-state index < -0.39 is 0 Å². The van der Waals surface area contributed by atoms with E-state index in [2.05, 4.69) is 30.3 Å². The molecule has 1 aliphatic rings. The summed E-state index contributed by atoms with van der Waals surface area (Å²) in [7, 11) is 0. The van der Waals surface area contributed by atoms with Crippen LogP contribution >= 0.6 is 0 Å². The molecular formula is C16H22O. The Hall–Kier alpha value is -1.11. The molecule has 1 aromatic rings. The maximum Gasteiger partial charge on any atom is 0.133 e. The fourth-order valence-corrected chi connectivity index (χ4v) is 2.77. The van der Waals surface area contributed by atoms with E-state index in [0.29, 0.717) is 11.7 Å². The first-order valence-electron chi connectivity index (χ1n) is 6.90. The fraction of sp³-hybridized carbons (Fsp3) is 0.562. The van der Waals surface area contributed by atoms with Crippen LogP contribution < -0.4 is 0 Å². The van der Waals surface area contributed by atoms with Crippen LogP contribution in [0.3, 0.4) is 0 Å². The Balaban J connectivity index is 1.61. The average Bonchev–Trinajstić information content (AvgIpc) is 2.36. The lowest BCUT2D eigenvalue weighted by molar-refractivity contribution is -0.121. The first kappa shape index (κ1) is 12.3. The number of unbranched alkanes of at least 4 members (excludes halogenated alkanes) is 1. The maximum atomic E-state index is 11.3. The highest BCUT2D eigenvalue weighted by Crippen LogP contribution is 2.26. The third-order valence-electron chi connectivity index (χ3n) is 3.75. The molecule has 0 aliphatic heterocycles. The number of Topliss-reactive ketones (excluding diaryl/α,β-unsaturated/α-hetero) is 1. The van der Waals surface area contributed by atoms with Crippen LogP contribution in [-0.4, -0.2) is 5.78 Å². The van der Waals surface area contributed by atoms with Gasteiger partial charge in [0.25, 0.3) is 0 Å². The summed E-state index contributed by atoms with van der Waals surface area (Å²) in [6.45, 7) is 0. The second kappa shape index (κ2) is 6.58. The molecule has 0 amide bonds. The van der Waals surface area contributed by atoms with Crippen LogP contribution in [0.4, 0.5) is 0 Å². The van der Waals surface area contributed by atoms with Gasteiger partial charge in [-0.25, -0.2) is 0 Å². The molecule has 0 saturated heterocycles. The van der Waals surface area contributed by atoms with Gasteiger partial charge in [-0.15, -0.1) is 0 Å². The fourth-order valence-electron chi connectivity index (χ4n) is 2.77. The third-order valence-corrected chi connectivity index (χ3v) is 3.75. The van der Waals surface area contributed by atoms with Gasteiger partial charge in [0, 0.05) is 12.8 Å². The van der Waals surface area contributed by atoms with E-state index in [9.17, 15) is 4.79 Å². The highest BCUT2D eigenvalue weighted by molar-refractivity contribution is 5.79. The summed E-state index contributed by atoms with van der Waals surface area (Å²) in [4.78, 5) is 11.3. The maximum absolute atomic E-state index is 11.3. The van der Waals surface area contributed by atoms with Gasteiger partial charge >= 0.3 is 0 Å². The Labute approximate surface area is 104 Å². The van der Waals surface area contributed by atoms with Gasteiger partial charge in [0.1, 0.15) is 5.78 Å². The predicted molar refractivity (Wildman–Crippen MR) is 71.0 cm³/mol. The molecule has 1 unspecified atom stereocenters. The van der Waals surface area contributed by atoms with Crippen molar-refractivity contribution in [2.45, 2.75) is 51.4 Å². The number of ketones is 1. The quantitative estimate of drug-likeness (QED) is 0.694. The lowest BCUT2D eigenvalue weighted by Gasteiger charge is -2.20. The minimum absolute atomic E-state index is 0.490. The Kier molecular flexibility index (Phi) is 4.78. The van der Waals surface area contributed by atoms with Crippen LogP contribution in [0.15, 0.2) is 30.3 Å². The molecule has 0 spiro atoms. The Morgan fingerprint density at radius 1 is 1.12 bits per heavy atom. The Morgan fingerprint density at radius 2 is 1.94 bits per heavy atom. The molecule has 1 saturated carbocycles. The van der Waals surface area contributed by atoms with Gasteiger partial charge in [0.2, 0.25) is 0 Å². The van der Waals surface area contributed by atoms with Crippen molar-refractivity contribution < 1.29 is 4.79 Å². The molecule has 1 atom stereocenters. The zero-order valence-electron chi connectivity index (χ0n) is 10.5. The average molecular weight is 230 g/mol. The standard InChI is InChI=1S/C16H22O/c17-16-12-6-11-15(13-16)10-5-4-9-14-7-2-1-3-8-14/h1-3,7-8,15H,4-6,9-13H2. The smallest absolute Gasteiger partial charge is 0.133 e. The summed E-state index contributed by atoms with van der Waals surface area (Å²) in [6, 6.07) is 10.7. The molecule has 1 aliphatic carbocycles. The van der Waals surface area contributed by atoms with Crippen molar-refractivity contribution in [3.05, 3.63) is 35.9 Å². The largest absolute Gasteiger partial charge is 0.300 e. The predicted octanol–water partition coefficient (Wildman–Crippen LogP) is 4.16. The molecule has 92 valence electrons. The second-order valence-electron chi connectivity index (χ2n) is 5.23. The van der Waals surface area contributed by atoms with Crippen LogP contribution in [0.2, 0.25) is 0 Å². The van der Waals surface area contributed by atoms with Crippen LogP contribution in [0, 0.1) is 5.92 Å². The topological polar surface area (TPSA) is 17.1 Å². The molecule has 1 nitrogen and oxygen atoms in total. The third kappa shape index (κ3) is 4.33. The highest BCUT2D eigenvalue weighted by atomic mass is 16.1. The Bertz CT molecular complexity index is 342. The zero-order valence-corrected chi connectivity index (χ0v) is 10.5. The molecule has 17 heavy (non-hydrogen) atoms. The second-order valence-corrected chi connectivity index (χ2v) is 5.23. The normalized spacial score (nSPS) is 20.5. The molecule has 0 heterocycles. The number of hydrogen-bond acceptors (Lipinski definition) is 1. The molecule has 0 N–H and O–H groups in total. The van der Waals surface area contributed by atoms with E-state index in [1.807, 2.05) is 0 Å². The number of carbonyl (C=O) groups is 1. The molecule has 2 rings (SSSR count). The summed E-state index contributed by atoms with van der Waals surface area (Å²) < 4.78 is 0. The van der Waals surface area contributed by atoms with Crippen LogP contribution in [0.5, 0.6) is 0 Å². The molecule has 1 fully saturated rings. The van der Waals surface area contributed by atoms with E-state index in [1.165, 1.54) is 37.7 Å². The molecule has 0 radical (unpaired) electrons. The molecule has 0 bridgehead atoms. The van der Waals surface area contributed by atoms with E-state index in [1.54, 1.807) is 0 Å². The van der Waals surface area contributed by atoms with Crippen molar-refractivity contribution in [3.63, 3.8) is 0 Å². The lowest BCUT2D eigenvalue weighted by Crippen LogP contribution is -2.14. The Morgan fingerprint density at radius 3 is 2.71 bits per heavy atom. The van der Waals surface area contributed by atoms with Crippen molar-refractivity contribution in [1.29, 1.82) is 0 Å². The zero-order chi connectivity index (χ0) is 11.9. The van der Waals surface area contributed by atoms with E-state index in [-0.39, 0.29) is 0 Å². The van der Waals surface area contributed by atoms with Crippen molar-refractivity contribution in [2.75, 3.05) is 0 Å². The van der Waals surface area contributed by atoms with Gasteiger partial charge in [0.15, 0.2) is 0 Å². The SMILES string of the molecule is O=C1CCCC(CCCCc2ccccc2)C1. The monoisotopic (exact) mass is 230 g/mol. The molecule has 1 heteroatoms. The highest BCUT2D eigenvalue weighted by Gasteiger charge is 2.18. The van der Waals surface area contributed by atoms with Gasteiger partial charge in [-0.1, -0.05) is 43.2 Å². The van der Waals surface area contributed by atoms with Gasteiger partial charge in [-0.3, -0.25) is 4.79 Å². The van der Waals surface area contributed by atoms with Crippen molar-refractivity contribution in [3.8, 4) is 0 Å². The summed E-state index contributed by atoms with van der Waals surface area (Å²) in [5.41, 5.74) is 1.44. The number of rotatable bonds is 5. The van der Waals surface area contributed by atoms with Gasteiger partial charge in [-0.05, 0) is 37.2 Å². The van der Waals surface area contributed by atoms with Crippen molar-refractivity contribution in [2.24, 2.45) is 5.92 Å². The summed E-state index contributed by atoms with van der Waals surface area (Å²) in [5.74, 6) is 1.18. The molecule has 1 aromatic carbocycles. The first-order valence-corrected chi connectivity index (χ1v) is 6.90. The number of aryl methyl sites for hydroxylation is 1. The number of hydrogen-bond donors (Lipinski definition) is 0. The minimum atomic E-state index is 0.490. The van der Waals surface area contributed by atoms with Gasteiger partial charge in [0.05, 0.1) is 0 Å². The molecular weight excluding hydrogens is 208 g/mol. The summed E-state index contributed by atoms with van der Waals surface area (Å²) in [5, 5.41) is 0. The van der Waals surface area contributed by atoms with E-state index in [4.69, 9.17) is 0 Å². The summed E-state index contributed by atoms with van der Waals surface area (Å²) in [6.07, 6.45) is 9.05. The van der Waals surface area contributed by atoms with E-state index >= 15 is 0 Å². The van der Waals surface area contributed by atoms with E-state index in [0.717, 1.165) is 19.3 Å². The van der Waals surface area contributed by atoms with Crippen LogP contribution in [0.25, 0.3) is 0 Å². The van der Waals surface area contributed by atoms with Crippen molar-refractivity contribution in [1.82, 2.24) is 0 Å². The van der Waals surface area contributed by atoms with Crippen LogP contribution in [-0.2, 0) is 11.2 Å². The number of carbonyl (C=O) groups excluding carboxylic acids is 1. The van der Waals surface area contributed by atoms with Crippen LogP contribution in [0.1, 0.15) is 50.5 Å².